The van der Waals surface area contributed by atoms with Crippen LogP contribution in [0.15, 0.2) is 297 Å². The summed E-state index contributed by atoms with van der Waals surface area (Å²) in [5, 5.41) is 6.86. The monoisotopic (exact) mass is 1110 g/mol. The van der Waals surface area contributed by atoms with Crippen LogP contribution < -0.4 is 0 Å². The number of para-hydroxylation sites is 7. The summed E-state index contributed by atoms with van der Waals surface area (Å²) in [7, 11) is 0. The molecule has 0 spiro atoms. The Labute approximate surface area is 500 Å². The van der Waals surface area contributed by atoms with Gasteiger partial charge in [-0.2, -0.15) is 0 Å². The highest BCUT2D eigenvalue weighted by atomic mass is 15.1. The zero-order valence-electron chi connectivity index (χ0n) is 46.8. The molecule has 0 aliphatic carbocycles. The van der Waals surface area contributed by atoms with Crippen LogP contribution >= 0.6 is 0 Å². The van der Waals surface area contributed by atoms with Crippen LogP contribution in [0.4, 0.5) is 0 Å². The van der Waals surface area contributed by atoms with Gasteiger partial charge in [0.05, 0.1) is 44.5 Å². The molecule has 17 rings (SSSR count). The maximum atomic E-state index is 5.48. The highest BCUT2D eigenvalue weighted by Gasteiger charge is 2.24. The van der Waals surface area contributed by atoms with Crippen molar-refractivity contribution in [2.24, 2.45) is 0 Å². The molecular weight excluding hydrogens is 1060 g/mol. The SMILES string of the molecule is c1ccc(-c2nc(-c3ccccc3-n3c4ccccc4c4ccccc43)nc(-c3ccccc3-n3c4ccccc4c4cc(-c5ccc6c(c5)c5cccc(-c7nc(-c8ccccc8)nc(-c8ccccc8)n7)c5n6-c5ccccc5)ccc43)n2)cc1. The fourth-order valence-corrected chi connectivity index (χ4v) is 12.8. The molecule has 0 bridgehead atoms. The maximum Gasteiger partial charge on any atom is 0.166 e. The molecule has 0 amide bonds. The van der Waals surface area contributed by atoms with E-state index in [1.165, 1.54) is 10.8 Å². The second-order valence-corrected chi connectivity index (χ2v) is 21.8. The molecular formula is C78H49N9. The fourth-order valence-electron chi connectivity index (χ4n) is 12.8. The average molecular weight is 1110 g/mol. The maximum absolute atomic E-state index is 5.48. The van der Waals surface area contributed by atoms with Crippen molar-refractivity contribution in [1.29, 1.82) is 0 Å². The van der Waals surface area contributed by atoms with Gasteiger partial charge in [0.2, 0.25) is 0 Å². The Balaban J connectivity index is 0.822. The Hall–Kier alpha value is -11.9. The minimum atomic E-state index is 0.573. The zero-order valence-corrected chi connectivity index (χ0v) is 46.8. The molecule has 0 N–H and O–H groups in total. The number of hydrogen-bond donors (Lipinski definition) is 0. The van der Waals surface area contributed by atoms with Gasteiger partial charge in [-0.25, -0.2) is 29.9 Å². The van der Waals surface area contributed by atoms with Gasteiger partial charge in [-0.3, -0.25) is 0 Å². The molecule has 5 heterocycles. The minimum Gasteiger partial charge on any atom is -0.309 e. The summed E-state index contributed by atoms with van der Waals surface area (Å²) in [6.45, 7) is 0. The van der Waals surface area contributed by atoms with Crippen LogP contribution in [0.5, 0.6) is 0 Å². The molecule has 0 saturated carbocycles. The molecule has 17 aromatic rings. The summed E-state index contributed by atoms with van der Waals surface area (Å²) in [4.78, 5) is 31.6. The van der Waals surface area contributed by atoms with Crippen molar-refractivity contribution in [2.45, 2.75) is 0 Å². The number of aromatic nitrogens is 9. The van der Waals surface area contributed by atoms with Gasteiger partial charge in [0.15, 0.2) is 34.9 Å². The third kappa shape index (κ3) is 8.31. The first-order valence-electron chi connectivity index (χ1n) is 29.2. The van der Waals surface area contributed by atoms with Crippen LogP contribution in [0.25, 0.3) is 162 Å². The van der Waals surface area contributed by atoms with E-state index in [0.717, 1.165) is 116 Å². The first kappa shape index (κ1) is 49.7. The van der Waals surface area contributed by atoms with Gasteiger partial charge in [-0.05, 0) is 96.1 Å². The number of hydrogen-bond acceptors (Lipinski definition) is 6. The van der Waals surface area contributed by atoms with Gasteiger partial charge in [0.1, 0.15) is 0 Å². The molecule has 0 atom stereocenters. The molecule has 0 aliphatic rings. The molecule has 87 heavy (non-hydrogen) atoms. The molecule has 9 heteroatoms. The standard InChI is InChI=1S/C78H49N9/c1-5-24-50(25-6-1)73-79-74(51-26-7-2-8-27-51)83-78(82-73)62-38-23-37-59-64-49-54(44-46-70(64)85(72(59)62)55-30-11-4-12-31-55)53-45-47-71-63(48-53)58-34-15-20-41-67(58)87(71)69-43-22-17-36-61(69)77-81-75(52-28-9-3-10-29-52)80-76(84-77)60-35-16-21-42-68(60)86-65-39-18-13-32-56(65)57-33-14-19-40-66(57)86/h1-49H. The quantitative estimate of drug-likeness (QED) is 0.135. The van der Waals surface area contributed by atoms with Crippen molar-refractivity contribution in [3.05, 3.63) is 297 Å². The summed E-state index contributed by atoms with van der Waals surface area (Å²) >= 11 is 0. The van der Waals surface area contributed by atoms with Crippen molar-refractivity contribution in [3.8, 4) is 96.5 Å². The molecule has 0 radical (unpaired) electrons. The summed E-state index contributed by atoms with van der Waals surface area (Å²) in [5.41, 5.74) is 17.1. The molecule has 5 aromatic heterocycles. The average Bonchev–Trinajstić information content (AvgIpc) is 1.95. The third-order valence-electron chi connectivity index (χ3n) is 16.8. The molecule has 9 nitrogen and oxygen atoms in total. The Morgan fingerprint density at radius 1 is 0.195 bits per heavy atom. The predicted molar refractivity (Wildman–Crippen MR) is 354 cm³/mol. The van der Waals surface area contributed by atoms with Crippen molar-refractivity contribution in [2.75, 3.05) is 0 Å². The second-order valence-electron chi connectivity index (χ2n) is 21.8. The van der Waals surface area contributed by atoms with Crippen molar-refractivity contribution >= 4 is 65.4 Å². The van der Waals surface area contributed by atoms with Crippen molar-refractivity contribution in [1.82, 2.24) is 43.6 Å². The van der Waals surface area contributed by atoms with Gasteiger partial charge < -0.3 is 13.7 Å². The van der Waals surface area contributed by atoms with Crippen LogP contribution in [0.2, 0.25) is 0 Å². The Morgan fingerprint density at radius 2 is 0.517 bits per heavy atom. The lowest BCUT2D eigenvalue weighted by Gasteiger charge is -2.16. The van der Waals surface area contributed by atoms with Crippen molar-refractivity contribution < 1.29 is 0 Å². The van der Waals surface area contributed by atoms with E-state index in [0.29, 0.717) is 34.9 Å². The fraction of sp³-hybridized carbons (Fsp3) is 0. The predicted octanol–water partition coefficient (Wildman–Crippen LogP) is 19.0. The van der Waals surface area contributed by atoms with E-state index >= 15 is 0 Å². The summed E-state index contributed by atoms with van der Waals surface area (Å²) in [5.74, 6) is 3.58. The van der Waals surface area contributed by atoms with Gasteiger partial charge in [-0.15, -0.1) is 0 Å². The molecule has 0 fully saturated rings. The largest absolute Gasteiger partial charge is 0.309 e. The summed E-state index contributed by atoms with van der Waals surface area (Å²) in [6, 6.07) is 104. The van der Waals surface area contributed by atoms with E-state index in [9.17, 15) is 0 Å². The van der Waals surface area contributed by atoms with Crippen LogP contribution in [-0.2, 0) is 0 Å². The van der Waals surface area contributed by atoms with Gasteiger partial charge in [-0.1, -0.05) is 212 Å². The first-order chi connectivity index (χ1) is 43.2. The van der Waals surface area contributed by atoms with Crippen LogP contribution in [0, 0.1) is 0 Å². The zero-order chi connectivity index (χ0) is 57.4. The van der Waals surface area contributed by atoms with Gasteiger partial charge >= 0.3 is 0 Å². The van der Waals surface area contributed by atoms with Crippen LogP contribution in [-0.4, -0.2) is 43.6 Å². The lowest BCUT2D eigenvalue weighted by molar-refractivity contribution is 1.06. The highest BCUT2D eigenvalue weighted by molar-refractivity contribution is 6.16. The van der Waals surface area contributed by atoms with E-state index in [2.05, 4.69) is 232 Å². The van der Waals surface area contributed by atoms with E-state index in [-0.39, 0.29) is 0 Å². The van der Waals surface area contributed by atoms with Crippen molar-refractivity contribution in [3.63, 3.8) is 0 Å². The smallest absolute Gasteiger partial charge is 0.166 e. The Kier molecular flexibility index (Phi) is 11.7. The van der Waals surface area contributed by atoms with Crippen LogP contribution in [0.3, 0.4) is 0 Å². The van der Waals surface area contributed by atoms with Gasteiger partial charge in [0.25, 0.3) is 0 Å². The minimum absolute atomic E-state index is 0.573. The number of rotatable bonds is 10. The second kappa shape index (κ2) is 20.4. The van der Waals surface area contributed by atoms with Gasteiger partial charge in [0, 0.05) is 71.4 Å². The number of fused-ring (bicyclic) bond motifs is 9. The lowest BCUT2D eigenvalue weighted by Crippen LogP contribution is -2.05. The summed E-state index contributed by atoms with van der Waals surface area (Å²) in [6.07, 6.45) is 0. The molecule has 0 saturated heterocycles. The van der Waals surface area contributed by atoms with Crippen LogP contribution in [0.1, 0.15) is 0 Å². The normalized spacial score (nSPS) is 11.7. The molecule has 0 aliphatic heterocycles. The van der Waals surface area contributed by atoms with E-state index in [4.69, 9.17) is 29.9 Å². The highest BCUT2D eigenvalue weighted by Crippen LogP contribution is 2.43. The topological polar surface area (TPSA) is 92.1 Å². The lowest BCUT2D eigenvalue weighted by atomic mass is 10.00. The van der Waals surface area contributed by atoms with E-state index in [1.807, 2.05) is 78.9 Å². The number of nitrogens with zero attached hydrogens (tertiary/aromatic N) is 9. The Bertz CT molecular complexity index is 5410. The number of benzene rings is 12. The van der Waals surface area contributed by atoms with E-state index < -0.39 is 0 Å². The third-order valence-corrected chi connectivity index (χ3v) is 16.8. The van der Waals surface area contributed by atoms with E-state index in [1.54, 1.807) is 0 Å². The molecule has 12 aromatic carbocycles. The first-order valence-corrected chi connectivity index (χ1v) is 29.2. The Morgan fingerprint density at radius 3 is 1.00 bits per heavy atom. The molecule has 406 valence electrons. The molecule has 0 unspecified atom stereocenters. The summed E-state index contributed by atoms with van der Waals surface area (Å²) < 4.78 is 7.06.